The number of terminal acetylenes is 1. The molecule has 0 bridgehead atoms. The van der Waals surface area contributed by atoms with Crippen molar-refractivity contribution in [2.75, 3.05) is 6.54 Å². The Kier molecular flexibility index (Phi) is 6.11. The number of carbonyl (C=O) groups is 2. The third-order valence-electron chi connectivity index (χ3n) is 3.35. The van der Waals surface area contributed by atoms with E-state index in [4.69, 9.17) is 16.9 Å². The lowest BCUT2D eigenvalue weighted by Gasteiger charge is -2.15. The summed E-state index contributed by atoms with van der Waals surface area (Å²) in [5.74, 6) is 0.538. The SMILES string of the molecule is C#CCNS(=O)(=O)c1ccc(C(=O)OC(C(N)=O)c2ccccc2)cc1. The number of benzene rings is 2. The molecule has 0 spiro atoms. The molecule has 2 rings (SSSR count). The molecule has 26 heavy (non-hydrogen) atoms. The van der Waals surface area contributed by atoms with E-state index in [2.05, 4.69) is 10.6 Å². The molecule has 1 amide bonds. The van der Waals surface area contributed by atoms with Gasteiger partial charge >= 0.3 is 5.97 Å². The second kappa shape index (κ2) is 8.29. The summed E-state index contributed by atoms with van der Waals surface area (Å²) in [6, 6.07) is 13.3. The molecule has 134 valence electrons. The topological polar surface area (TPSA) is 116 Å². The van der Waals surface area contributed by atoms with Crippen molar-refractivity contribution in [1.29, 1.82) is 0 Å². The van der Waals surface area contributed by atoms with Crippen LogP contribution in [-0.4, -0.2) is 26.8 Å². The van der Waals surface area contributed by atoms with Gasteiger partial charge in [0.15, 0.2) is 0 Å². The van der Waals surface area contributed by atoms with Gasteiger partial charge in [-0.3, -0.25) is 4.79 Å². The first-order valence-electron chi connectivity index (χ1n) is 7.43. The van der Waals surface area contributed by atoms with E-state index in [1.165, 1.54) is 24.3 Å². The molecule has 0 saturated heterocycles. The van der Waals surface area contributed by atoms with Crippen molar-refractivity contribution in [2.24, 2.45) is 5.73 Å². The molecule has 0 aromatic heterocycles. The fraction of sp³-hybridized carbons (Fsp3) is 0.111. The minimum atomic E-state index is -3.76. The number of rotatable bonds is 7. The smallest absolute Gasteiger partial charge is 0.339 e. The van der Waals surface area contributed by atoms with Crippen molar-refractivity contribution in [3.05, 3.63) is 65.7 Å². The van der Waals surface area contributed by atoms with Gasteiger partial charge in [-0.05, 0) is 24.3 Å². The van der Waals surface area contributed by atoms with E-state index in [0.717, 1.165) is 0 Å². The molecular formula is C18H16N2O5S. The van der Waals surface area contributed by atoms with Gasteiger partial charge < -0.3 is 10.5 Å². The molecule has 0 aliphatic heterocycles. The summed E-state index contributed by atoms with van der Waals surface area (Å²) in [4.78, 5) is 23.8. The highest BCUT2D eigenvalue weighted by atomic mass is 32.2. The van der Waals surface area contributed by atoms with Crippen molar-refractivity contribution < 1.29 is 22.7 Å². The number of nitrogens with one attached hydrogen (secondary N) is 1. The van der Waals surface area contributed by atoms with Crippen LogP contribution in [0, 0.1) is 12.3 Å². The van der Waals surface area contributed by atoms with Crippen LogP contribution in [0.5, 0.6) is 0 Å². The van der Waals surface area contributed by atoms with Gasteiger partial charge in [0.2, 0.25) is 16.1 Å². The number of nitrogens with two attached hydrogens (primary N) is 1. The fourth-order valence-electron chi connectivity index (χ4n) is 2.08. The third kappa shape index (κ3) is 4.69. The quantitative estimate of drug-likeness (QED) is 0.555. The van der Waals surface area contributed by atoms with Crippen molar-refractivity contribution in [3.8, 4) is 12.3 Å². The number of ether oxygens (including phenoxy) is 1. The van der Waals surface area contributed by atoms with Crippen LogP contribution in [0.1, 0.15) is 22.0 Å². The second-order valence-electron chi connectivity index (χ2n) is 5.15. The number of esters is 1. The minimum Gasteiger partial charge on any atom is -0.444 e. The van der Waals surface area contributed by atoms with Crippen LogP contribution in [0.4, 0.5) is 0 Å². The number of primary amides is 1. The Morgan fingerprint density at radius 3 is 2.27 bits per heavy atom. The zero-order chi connectivity index (χ0) is 19.2. The lowest BCUT2D eigenvalue weighted by atomic mass is 10.1. The number of hydrogen-bond donors (Lipinski definition) is 2. The molecule has 0 aliphatic rings. The van der Waals surface area contributed by atoms with Gasteiger partial charge in [-0.25, -0.2) is 13.2 Å². The first kappa shape index (κ1) is 19.2. The van der Waals surface area contributed by atoms with Crippen molar-refractivity contribution >= 4 is 21.9 Å². The van der Waals surface area contributed by atoms with E-state index in [-0.39, 0.29) is 17.0 Å². The normalized spacial score (nSPS) is 12.0. The average molecular weight is 372 g/mol. The number of carbonyl (C=O) groups excluding carboxylic acids is 2. The van der Waals surface area contributed by atoms with Gasteiger partial charge in [-0.2, -0.15) is 4.72 Å². The molecular weight excluding hydrogens is 356 g/mol. The van der Waals surface area contributed by atoms with E-state index >= 15 is 0 Å². The molecule has 0 heterocycles. The van der Waals surface area contributed by atoms with E-state index in [1.807, 2.05) is 0 Å². The van der Waals surface area contributed by atoms with E-state index in [1.54, 1.807) is 30.3 Å². The van der Waals surface area contributed by atoms with Gasteiger partial charge in [-0.15, -0.1) is 6.42 Å². The summed E-state index contributed by atoms with van der Waals surface area (Å²) < 4.78 is 31.3. The Morgan fingerprint density at radius 1 is 1.12 bits per heavy atom. The molecule has 0 fully saturated rings. The van der Waals surface area contributed by atoms with Crippen LogP contribution in [-0.2, 0) is 19.6 Å². The molecule has 0 radical (unpaired) electrons. The van der Waals surface area contributed by atoms with Crippen LogP contribution in [0.2, 0.25) is 0 Å². The Balaban J connectivity index is 2.17. The molecule has 7 nitrogen and oxygen atoms in total. The van der Waals surface area contributed by atoms with Gasteiger partial charge in [0.1, 0.15) is 0 Å². The highest BCUT2D eigenvalue weighted by Gasteiger charge is 2.23. The van der Waals surface area contributed by atoms with E-state index < -0.39 is 28.0 Å². The van der Waals surface area contributed by atoms with Gasteiger partial charge in [0.05, 0.1) is 17.0 Å². The van der Waals surface area contributed by atoms with E-state index in [9.17, 15) is 18.0 Å². The van der Waals surface area contributed by atoms with Crippen LogP contribution in [0.25, 0.3) is 0 Å². The highest BCUT2D eigenvalue weighted by Crippen LogP contribution is 2.19. The first-order chi connectivity index (χ1) is 12.3. The first-order valence-corrected chi connectivity index (χ1v) is 8.92. The summed E-state index contributed by atoms with van der Waals surface area (Å²) in [5, 5.41) is 0. The molecule has 0 aliphatic carbocycles. The summed E-state index contributed by atoms with van der Waals surface area (Å²) in [5.41, 5.74) is 5.81. The molecule has 8 heteroatoms. The van der Waals surface area contributed by atoms with Crippen molar-refractivity contribution in [3.63, 3.8) is 0 Å². The van der Waals surface area contributed by atoms with Crippen molar-refractivity contribution in [2.45, 2.75) is 11.0 Å². The van der Waals surface area contributed by atoms with Crippen LogP contribution in [0.15, 0.2) is 59.5 Å². The number of hydrogen-bond acceptors (Lipinski definition) is 5. The molecule has 0 saturated carbocycles. The maximum absolute atomic E-state index is 12.2. The Bertz CT molecular complexity index is 932. The number of amides is 1. The number of sulfonamides is 1. The molecule has 1 atom stereocenters. The van der Waals surface area contributed by atoms with Gasteiger partial charge in [0.25, 0.3) is 5.91 Å². The van der Waals surface area contributed by atoms with Crippen LogP contribution in [0.3, 0.4) is 0 Å². The maximum Gasteiger partial charge on any atom is 0.339 e. The molecule has 1 unspecified atom stereocenters. The molecule has 2 aromatic carbocycles. The minimum absolute atomic E-state index is 0.0567. The molecule has 2 aromatic rings. The Hall–Kier alpha value is -3.15. The van der Waals surface area contributed by atoms with Crippen LogP contribution < -0.4 is 10.5 Å². The standard InChI is InChI=1S/C18H16N2O5S/c1-2-12-20-26(23,24)15-10-8-14(9-11-15)18(22)25-16(17(19)21)13-6-4-3-5-7-13/h1,3-11,16,20H,12H2,(H2,19,21). The zero-order valence-corrected chi connectivity index (χ0v) is 14.4. The van der Waals surface area contributed by atoms with Gasteiger partial charge in [-0.1, -0.05) is 36.3 Å². The Morgan fingerprint density at radius 2 is 1.73 bits per heavy atom. The predicted octanol–water partition coefficient (Wildman–Crippen LogP) is 0.981. The monoisotopic (exact) mass is 372 g/mol. The van der Waals surface area contributed by atoms with Crippen molar-refractivity contribution in [1.82, 2.24) is 4.72 Å². The Labute approximate surface area is 151 Å². The summed E-state index contributed by atoms with van der Waals surface area (Å²) in [6.07, 6.45) is 3.77. The third-order valence-corrected chi connectivity index (χ3v) is 4.77. The lowest BCUT2D eigenvalue weighted by molar-refractivity contribution is -0.127. The summed E-state index contributed by atoms with van der Waals surface area (Å²) in [6.45, 7) is -0.149. The summed E-state index contributed by atoms with van der Waals surface area (Å²) in [7, 11) is -3.76. The van der Waals surface area contributed by atoms with Gasteiger partial charge in [0, 0.05) is 5.56 Å². The lowest BCUT2D eigenvalue weighted by Crippen LogP contribution is -2.26. The predicted molar refractivity (Wildman–Crippen MR) is 94.3 cm³/mol. The zero-order valence-electron chi connectivity index (χ0n) is 13.6. The largest absolute Gasteiger partial charge is 0.444 e. The maximum atomic E-state index is 12.2. The fourth-order valence-corrected chi connectivity index (χ4v) is 3.02. The highest BCUT2D eigenvalue weighted by molar-refractivity contribution is 7.89. The second-order valence-corrected chi connectivity index (χ2v) is 6.92. The summed E-state index contributed by atoms with van der Waals surface area (Å²) >= 11 is 0. The molecule has 3 N–H and O–H groups in total. The average Bonchev–Trinajstić information content (AvgIpc) is 2.65. The van der Waals surface area contributed by atoms with E-state index in [0.29, 0.717) is 5.56 Å². The van der Waals surface area contributed by atoms with Crippen LogP contribution >= 0.6 is 0 Å².